The zero-order valence-corrected chi connectivity index (χ0v) is 14.9. The van der Waals surface area contributed by atoms with Crippen molar-refractivity contribution < 1.29 is 9.59 Å². The van der Waals surface area contributed by atoms with Crippen molar-refractivity contribution in [2.75, 3.05) is 7.05 Å². The average Bonchev–Trinajstić information content (AvgIpc) is 2.80. The summed E-state index contributed by atoms with van der Waals surface area (Å²) in [5.41, 5.74) is 1.60. The number of likely N-dealkylation sites (tertiary alicyclic amines) is 1. The summed E-state index contributed by atoms with van der Waals surface area (Å²) >= 11 is 0. The Hall–Kier alpha value is -1.12. The zero-order chi connectivity index (χ0) is 16.6. The first kappa shape index (κ1) is 15.4. The van der Waals surface area contributed by atoms with Gasteiger partial charge >= 0.3 is 0 Å². The summed E-state index contributed by atoms with van der Waals surface area (Å²) in [4.78, 5) is 26.6. The van der Waals surface area contributed by atoms with Gasteiger partial charge in [0, 0.05) is 49.5 Å². The van der Waals surface area contributed by atoms with Crippen molar-refractivity contribution in [1.29, 1.82) is 0 Å². The summed E-state index contributed by atoms with van der Waals surface area (Å²) in [5, 5.41) is 0. The molecule has 3 nitrogen and oxygen atoms in total. The molecule has 1 unspecified atom stereocenters. The maximum atomic E-state index is 12.2. The van der Waals surface area contributed by atoms with Gasteiger partial charge in [0.25, 0.3) is 0 Å². The smallest absolute Gasteiger partial charge is 0.157 e. The van der Waals surface area contributed by atoms with Crippen molar-refractivity contribution in [3.63, 3.8) is 0 Å². The van der Waals surface area contributed by atoms with Crippen LogP contribution >= 0.6 is 0 Å². The third kappa shape index (κ3) is 1.94. The van der Waals surface area contributed by atoms with Gasteiger partial charge in [0.15, 0.2) is 5.78 Å². The number of hydrogen-bond acceptors (Lipinski definition) is 3. The minimum atomic E-state index is 0.118. The maximum Gasteiger partial charge on any atom is 0.157 e. The number of rotatable bonds is 0. The molecule has 3 aliphatic carbocycles. The third-order valence-electron chi connectivity index (χ3n) is 8.04. The lowest BCUT2D eigenvalue weighted by Gasteiger charge is -2.62. The number of fused-ring (bicyclic) bond motifs is 5. The lowest BCUT2D eigenvalue weighted by Crippen LogP contribution is -2.60. The van der Waals surface area contributed by atoms with Gasteiger partial charge in [-0.2, -0.15) is 0 Å². The molecule has 0 spiro atoms. The molecule has 0 N–H and O–H groups in total. The van der Waals surface area contributed by atoms with E-state index >= 15 is 0 Å². The number of carbonyl (C=O) groups is 2. The highest BCUT2D eigenvalue weighted by molar-refractivity contribution is 5.91. The number of carbonyl (C=O) groups excluding carboxylic acids is 2. The highest BCUT2D eigenvalue weighted by Gasteiger charge is 2.60. The van der Waals surface area contributed by atoms with Crippen molar-refractivity contribution in [3.8, 4) is 0 Å². The Balaban J connectivity index is 1.79. The molecule has 4 aliphatic rings. The fourth-order valence-electron chi connectivity index (χ4n) is 6.65. The maximum absolute atomic E-state index is 12.2. The predicted molar refractivity (Wildman–Crippen MR) is 89.7 cm³/mol. The summed E-state index contributed by atoms with van der Waals surface area (Å²) in [5.74, 6) is 2.49. The van der Waals surface area contributed by atoms with Crippen LogP contribution in [-0.4, -0.2) is 29.6 Å². The second kappa shape index (κ2) is 4.70. The Morgan fingerprint density at radius 2 is 1.91 bits per heavy atom. The topological polar surface area (TPSA) is 37.4 Å². The largest absolute Gasteiger partial charge is 0.374 e. The summed E-state index contributed by atoms with van der Waals surface area (Å²) < 4.78 is 0. The van der Waals surface area contributed by atoms with Crippen molar-refractivity contribution >= 4 is 11.6 Å². The van der Waals surface area contributed by atoms with Crippen LogP contribution in [0.25, 0.3) is 0 Å². The van der Waals surface area contributed by atoms with Crippen molar-refractivity contribution in [2.24, 2.45) is 28.6 Å². The first-order valence-electron chi connectivity index (χ1n) is 9.26. The highest BCUT2D eigenvalue weighted by atomic mass is 16.1. The monoisotopic (exact) mass is 315 g/mol. The molecule has 0 aromatic heterocycles. The van der Waals surface area contributed by atoms with Gasteiger partial charge in [-0.25, -0.2) is 0 Å². The van der Waals surface area contributed by atoms with Crippen LogP contribution in [0.15, 0.2) is 11.8 Å². The lowest BCUT2D eigenvalue weighted by atomic mass is 9.49. The van der Waals surface area contributed by atoms with E-state index in [-0.39, 0.29) is 16.6 Å². The van der Waals surface area contributed by atoms with E-state index in [1.165, 1.54) is 18.5 Å². The van der Waals surface area contributed by atoms with Gasteiger partial charge in [-0.3, -0.25) is 9.59 Å². The molecule has 3 heteroatoms. The van der Waals surface area contributed by atoms with Gasteiger partial charge in [0.05, 0.1) is 0 Å². The van der Waals surface area contributed by atoms with Crippen LogP contribution in [0.3, 0.4) is 0 Å². The van der Waals surface area contributed by atoms with Gasteiger partial charge < -0.3 is 4.90 Å². The molecule has 0 bridgehead atoms. The van der Waals surface area contributed by atoms with Crippen LogP contribution in [0.5, 0.6) is 0 Å². The van der Waals surface area contributed by atoms with Crippen molar-refractivity contribution in [2.45, 2.75) is 65.3 Å². The van der Waals surface area contributed by atoms with Crippen LogP contribution in [-0.2, 0) is 9.59 Å². The minimum absolute atomic E-state index is 0.118. The van der Waals surface area contributed by atoms with Crippen LogP contribution in [0.2, 0.25) is 0 Å². The van der Waals surface area contributed by atoms with E-state index in [4.69, 9.17) is 0 Å². The fraction of sp³-hybridized carbons (Fsp3) is 0.800. The second-order valence-electron chi connectivity index (χ2n) is 9.17. The molecule has 3 fully saturated rings. The van der Waals surface area contributed by atoms with Crippen molar-refractivity contribution in [3.05, 3.63) is 11.8 Å². The Kier molecular flexibility index (Phi) is 3.15. The standard InChI is InChI=1S/C20H29NO2/c1-12-18-15(6-7-19(2)11-14(23)9-16(18)19)20(3)8-5-13(22)10-17(20)21(12)4/h10,12,15-16,18H,5-9,11H2,1-4H3/t12?,15-,16+,18-,19-,20-/m1/s1. The number of nitrogens with zero attached hydrogens (tertiary/aromatic N) is 1. The molecule has 2 saturated carbocycles. The Morgan fingerprint density at radius 3 is 2.65 bits per heavy atom. The number of allylic oxidation sites excluding steroid dienone is 2. The van der Waals surface area contributed by atoms with E-state index in [1.54, 1.807) is 0 Å². The van der Waals surface area contributed by atoms with E-state index in [0.29, 0.717) is 36.0 Å². The molecular formula is C20H29NO2. The third-order valence-corrected chi connectivity index (χ3v) is 8.04. The first-order chi connectivity index (χ1) is 10.8. The number of hydrogen-bond donors (Lipinski definition) is 0. The molecule has 0 radical (unpaired) electrons. The van der Waals surface area contributed by atoms with Crippen LogP contribution in [0.1, 0.15) is 59.3 Å². The number of piperidine rings is 1. The summed E-state index contributed by atoms with van der Waals surface area (Å²) in [6.45, 7) is 7.04. The second-order valence-corrected chi connectivity index (χ2v) is 9.17. The van der Waals surface area contributed by atoms with Gasteiger partial charge in [-0.1, -0.05) is 13.8 Å². The minimum Gasteiger partial charge on any atom is -0.374 e. The Labute approximate surface area is 139 Å². The van der Waals surface area contributed by atoms with E-state index < -0.39 is 0 Å². The van der Waals surface area contributed by atoms with E-state index in [2.05, 4.69) is 32.7 Å². The molecule has 0 aromatic rings. The van der Waals surface area contributed by atoms with Gasteiger partial charge in [-0.15, -0.1) is 0 Å². The average molecular weight is 315 g/mol. The zero-order valence-electron chi connectivity index (χ0n) is 14.9. The molecule has 0 amide bonds. The molecule has 4 rings (SSSR count). The molecule has 1 aliphatic heterocycles. The van der Waals surface area contributed by atoms with E-state index in [9.17, 15) is 9.59 Å². The quantitative estimate of drug-likeness (QED) is 0.685. The molecule has 126 valence electrons. The molecule has 23 heavy (non-hydrogen) atoms. The Morgan fingerprint density at radius 1 is 1.17 bits per heavy atom. The van der Waals surface area contributed by atoms with Crippen LogP contribution in [0, 0.1) is 28.6 Å². The first-order valence-corrected chi connectivity index (χ1v) is 9.26. The van der Waals surface area contributed by atoms with Gasteiger partial charge in [0.1, 0.15) is 5.78 Å². The highest BCUT2D eigenvalue weighted by Crippen LogP contribution is 2.64. The van der Waals surface area contributed by atoms with E-state index in [1.807, 2.05) is 6.08 Å². The molecule has 6 atom stereocenters. The molecule has 1 heterocycles. The molecular weight excluding hydrogens is 286 g/mol. The summed E-state index contributed by atoms with van der Waals surface area (Å²) in [7, 11) is 2.16. The Bertz CT molecular complexity index is 609. The van der Waals surface area contributed by atoms with E-state index in [0.717, 1.165) is 19.3 Å². The summed E-state index contributed by atoms with van der Waals surface area (Å²) in [6.07, 6.45) is 7.55. The predicted octanol–water partition coefficient (Wildman–Crippen LogP) is 3.59. The molecule has 1 saturated heterocycles. The van der Waals surface area contributed by atoms with Crippen LogP contribution in [0.4, 0.5) is 0 Å². The van der Waals surface area contributed by atoms with Gasteiger partial charge in [-0.05, 0) is 49.4 Å². The molecule has 0 aromatic carbocycles. The normalized spacial score (nSPS) is 49.4. The van der Waals surface area contributed by atoms with Gasteiger partial charge in [0.2, 0.25) is 0 Å². The number of Topliss-reactive ketones (excluding diaryl/α,β-unsaturated/α-hetero) is 1. The fourth-order valence-corrected chi connectivity index (χ4v) is 6.65. The summed E-state index contributed by atoms with van der Waals surface area (Å²) in [6, 6.07) is 0.417. The lowest BCUT2D eigenvalue weighted by molar-refractivity contribution is -0.121. The number of ketones is 2. The SMILES string of the molecule is CC1[C@@H]2[C@@H](CC[C@]3(C)CC(=O)C[C@@H]23)[C@@]2(C)CCC(=O)C=C2N1C. The van der Waals surface area contributed by atoms with Crippen LogP contribution < -0.4 is 0 Å². The van der Waals surface area contributed by atoms with Crippen molar-refractivity contribution in [1.82, 2.24) is 4.90 Å².